The van der Waals surface area contributed by atoms with Crippen LogP contribution in [0.1, 0.15) is 29.5 Å². The van der Waals surface area contributed by atoms with Gasteiger partial charge in [0.25, 0.3) is 0 Å². The minimum Gasteiger partial charge on any atom is -0.376 e. The molecule has 3 unspecified atom stereocenters. The third-order valence-corrected chi connectivity index (χ3v) is 5.62. The first kappa shape index (κ1) is 13.3. The van der Waals surface area contributed by atoms with E-state index in [0.717, 1.165) is 17.1 Å². The number of fused-ring (bicyclic) bond motifs is 4. The van der Waals surface area contributed by atoms with Crippen molar-refractivity contribution in [3.8, 4) is 0 Å². The van der Waals surface area contributed by atoms with Crippen LogP contribution in [0.25, 0.3) is 10.9 Å². The van der Waals surface area contributed by atoms with E-state index in [0.29, 0.717) is 11.8 Å². The Morgan fingerprint density at radius 3 is 2.87 bits per heavy atom. The Morgan fingerprint density at radius 1 is 1.00 bits per heavy atom. The number of para-hydroxylation sites is 2. The second-order valence-corrected chi connectivity index (χ2v) is 6.88. The standard InChI is InChI=1S/C20H17ClN2/c21-17-9-4-8-15-12-6-3-7-14(12)19(23-20(15)17)16-11-22-18-10-2-1-5-13(16)18/h1-6,8-12,14,19,22-23H,7H2. The Labute approximate surface area is 140 Å². The fourth-order valence-electron chi connectivity index (χ4n) is 4.24. The van der Waals surface area contributed by atoms with E-state index in [9.17, 15) is 0 Å². The van der Waals surface area contributed by atoms with Crippen LogP contribution in [-0.4, -0.2) is 4.98 Å². The van der Waals surface area contributed by atoms with Crippen molar-refractivity contribution in [2.75, 3.05) is 5.32 Å². The fraction of sp³-hybridized carbons (Fsp3) is 0.200. The summed E-state index contributed by atoms with van der Waals surface area (Å²) in [5.74, 6) is 0.990. The fourth-order valence-corrected chi connectivity index (χ4v) is 4.48. The van der Waals surface area contributed by atoms with Gasteiger partial charge >= 0.3 is 0 Å². The maximum Gasteiger partial charge on any atom is 0.0640 e. The molecule has 3 atom stereocenters. The number of aromatic amines is 1. The van der Waals surface area contributed by atoms with Crippen LogP contribution in [0.3, 0.4) is 0 Å². The number of allylic oxidation sites excluding steroid dienone is 2. The molecule has 3 aromatic rings. The lowest BCUT2D eigenvalue weighted by Gasteiger charge is -2.37. The van der Waals surface area contributed by atoms with E-state index in [2.05, 4.69) is 65.0 Å². The van der Waals surface area contributed by atoms with Gasteiger partial charge < -0.3 is 10.3 Å². The molecule has 0 spiro atoms. The number of hydrogen-bond acceptors (Lipinski definition) is 1. The molecule has 0 saturated carbocycles. The molecule has 0 saturated heterocycles. The van der Waals surface area contributed by atoms with E-state index in [4.69, 9.17) is 11.6 Å². The van der Waals surface area contributed by atoms with Gasteiger partial charge in [0.1, 0.15) is 0 Å². The first-order chi connectivity index (χ1) is 11.3. The van der Waals surface area contributed by atoms with Crippen LogP contribution in [0.2, 0.25) is 5.02 Å². The van der Waals surface area contributed by atoms with E-state index in [1.807, 2.05) is 6.07 Å². The van der Waals surface area contributed by atoms with Gasteiger partial charge in [0.05, 0.1) is 16.8 Å². The number of nitrogens with one attached hydrogen (secondary N) is 2. The van der Waals surface area contributed by atoms with Crippen LogP contribution >= 0.6 is 11.6 Å². The minimum absolute atomic E-state index is 0.276. The molecule has 0 amide bonds. The van der Waals surface area contributed by atoms with Crippen LogP contribution in [-0.2, 0) is 0 Å². The number of halogens is 1. The normalized spacial score (nSPS) is 25.2. The van der Waals surface area contributed by atoms with Crippen LogP contribution in [0.5, 0.6) is 0 Å². The van der Waals surface area contributed by atoms with Gasteiger partial charge in [-0.15, -0.1) is 0 Å². The molecular weight excluding hydrogens is 304 g/mol. The molecule has 1 aliphatic carbocycles. The van der Waals surface area contributed by atoms with Gasteiger partial charge in [0.2, 0.25) is 0 Å². The van der Waals surface area contributed by atoms with Crippen molar-refractivity contribution in [1.29, 1.82) is 0 Å². The van der Waals surface area contributed by atoms with Gasteiger partial charge in [-0.3, -0.25) is 0 Å². The Balaban J connectivity index is 1.69. The maximum absolute atomic E-state index is 6.48. The van der Waals surface area contributed by atoms with Crippen molar-refractivity contribution in [1.82, 2.24) is 4.98 Å². The summed E-state index contributed by atoms with van der Waals surface area (Å²) < 4.78 is 0. The first-order valence-corrected chi connectivity index (χ1v) is 8.48. The third-order valence-electron chi connectivity index (χ3n) is 5.30. The summed E-state index contributed by atoms with van der Waals surface area (Å²) in [5, 5.41) is 5.85. The predicted molar refractivity (Wildman–Crippen MR) is 96.1 cm³/mol. The zero-order chi connectivity index (χ0) is 15.4. The number of aromatic nitrogens is 1. The summed E-state index contributed by atoms with van der Waals surface area (Å²) in [6.07, 6.45) is 7.92. The van der Waals surface area contributed by atoms with Gasteiger partial charge in [-0.05, 0) is 35.6 Å². The highest BCUT2D eigenvalue weighted by Crippen LogP contribution is 2.52. The Hall–Kier alpha value is -2.19. The molecule has 0 radical (unpaired) electrons. The highest BCUT2D eigenvalue weighted by Gasteiger charge is 2.39. The van der Waals surface area contributed by atoms with E-state index in [1.54, 1.807) is 0 Å². The van der Waals surface area contributed by atoms with Gasteiger partial charge in [-0.25, -0.2) is 0 Å². The summed E-state index contributed by atoms with van der Waals surface area (Å²) in [5.41, 5.74) is 4.95. The van der Waals surface area contributed by atoms with E-state index < -0.39 is 0 Å². The van der Waals surface area contributed by atoms with Gasteiger partial charge in [0, 0.05) is 23.0 Å². The summed E-state index contributed by atoms with van der Waals surface area (Å²) in [7, 11) is 0. The average Bonchev–Trinajstić information content (AvgIpc) is 3.22. The molecule has 0 bridgehead atoms. The molecule has 5 rings (SSSR count). The number of anilines is 1. The summed E-state index contributed by atoms with van der Waals surface area (Å²) in [6.45, 7) is 0. The Morgan fingerprint density at radius 2 is 1.91 bits per heavy atom. The number of benzene rings is 2. The third kappa shape index (κ3) is 1.88. The van der Waals surface area contributed by atoms with Crippen molar-refractivity contribution in [2.45, 2.75) is 18.4 Å². The highest BCUT2D eigenvalue weighted by atomic mass is 35.5. The van der Waals surface area contributed by atoms with Crippen molar-refractivity contribution in [3.63, 3.8) is 0 Å². The molecular formula is C20H17ClN2. The van der Waals surface area contributed by atoms with Crippen LogP contribution in [0, 0.1) is 5.92 Å². The van der Waals surface area contributed by atoms with Crippen molar-refractivity contribution >= 4 is 28.2 Å². The zero-order valence-electron chi connectivity index (χ0n) is 12.6. The molecule has 2 nitrogen and oxygen atoms in total. The van der Waals surface area contributed by atoms with Gasteiger partial charge in [0.15, 0.2) is 0 Å². The lowest BCUT2D eigenvalue weighted by atomic mass is 9.77. The molecule has 23 heavy (non-hydrogen) atoms. The molecule has 114 valence electrons. The molecule has 1 aliphatic heterocycles. The maximum atomic E-state index is 6.48. The SMILES string of the molecule is Clc1cccc2c1NC(c1c[nH]c3ccccc13)C1CC=CC21. The van der Waals surface area contributed by atoms with Gasteiger partial charge in [-0.1, -0.05) is 54.1 Å². The molecule has 1 aromatic heterocycles. The van der Waals surface area contributed by atoms with Crippen molar-refractivity contribution in [3.05, 3.63) is 77.0 Å². The number of H-pyrrole nitrogens is 1. The lowest BCUT2D eigenvalue weighted by Crippen LogP contribution is -2.29. The largest absolute Gasteiger partial charge is 0.376 e. The minimum atomic E-state index is 0.276. The van der Waals surface area contributed by atoms with Crippen LogP contribution in [0.15, 0.2) is 60.8 Å². The number of hydrogen-bond donors (Lipinski definition) is 2. The average molecular weight is 321 g/mol. The van der Waals surface area contributed by atoms with Crippen molar-refractivity contribution in [2.24, 2.45) is 5.92 Å². The second-order valence-electron chi connectivity index (χ2n) is 6.47. The molecule has 2 heterocycles. The smallest absolute Gasteiger partial charge is 0.0640 e. The summed E-state index contributed by atoms with van der Waals surface area (Å²) >= 11 is 6.48. The molecule has 2 aliphatic rings. The topological polar surface area (TPSA) is 27.8 Å². The zero-order valence-corrected chi connectivity index (χ0v) is 13.3. The molecule has 0 fully saturated rings. The Bertz CT molecular complexity index is 924. The van der Waals surface area contributed by atoms with E-state index in [-0.39, 0.29) is 6.04 Å². The van der Waals surface area contributed by atoms with Crippen LogP contribution in [0.4, 0.5) is 5.69 Å². The first-order valence-electron chi connectivity index (χ1n) is 8.10. The quantitative estimate of drug-likeness (QED) is 0.557. The monoisotopic (exact) mass is 320 g/mol. The number of rotatable bonds is 1. The molecule has 2 aromatic carbocycles. The highest BCUT2D eigenvalue weighted by molar-refractivity contribution is 6.33. The summed E-state index contributed by atoms with van der Waals surface area (Å²) in [6, 6.07) is 15.0. The second kappa shape index (κ2) is 4.90. The molecule has 3 heteroatoms. The lowest BCUT2D eigenvalue weighted by molar-refractivity contribution is 0.427. The Kier molecular flexibility index (Phi) is 2.83. The van der Waals surface area contributed by atoms with Crippen molar-refractivity contribution < 1.29 is 0 Å². The predicted octanol–water partition coefficient (Wildman–Crippen LogP) is 5.65. The van der Waals surface area contributed by atoms with Crippen LogP contribution < -0.4 is 5.32 Å². The summed E-state index contributed by atoms with van der Waals surface area (Å²) in [4.78, 5) is 3.41. The molecule has 2 N–H and O–H groups in total. The van der Waals surface area contributed by atoms with Gasteiger partial charge in [-0.2, -0.15) is 0 Å². The van der Waals surface area contributed by atoms with E-state index >= 15 is 0 Å². The van der Waals surface area contributed by atoms with E-state index in [1.165, 1.54) is 22.0 Å².